The minimum atomic E-state index is -0.227. The van der Waals surface area contributed by atoms with Crippen molar-refractivity contribution < 1.29 is 10.2 Å². The van der Waals surface area contributed by atoms with Gasteiger partial charge in [-0.25, -0.2) is 0 Å². The van der Waals surface area contributed by atoms with Gasteiger partial charge in [-0.15, -0.1) is 15.0 Å². The summed E-state index contributed by atoms with van der Waals surface area (Å²) < 4.78 is 0. The summed E-state index contributed by atoms with van der Waals surface area (Å²) in [5.41, 5.74) is 6.51. The molecule has 1 heterocycles. The summed E-state index contributed by atoms with van der Waals surface area (Å²) in [6.45, 7) is 19.7. The first-order valence-corrected chi connectivity index (χ1v) is 14.7. The van der Waals surface area contributed by atoms with E-state index in [0.717, 1.165) is 46.1 Å². The van der Waals surface area contributed by atoms with Crippen molar-refractivity contribution >= 4 is 11.0 Å². The second-order valence-corrected chi connectivity index (χ2v) is 14.0. The van der Waals surface area contributed by atoms with E-state index < -0.39 is 0 Å². The SMILES string of the molecule is CCCCCC(C)(C)c1cc(Cc2cc(C(C)(C)C)cc(C(C)(C)C)c2O)c(O)c(-n2nc3ccccc3n2)c1. The summed E-state index contributed by atoms with van der Waals surface area (Å²) in [7, 11) is 0. The molecule has 0 radical (unpaired) electrons. The first kappa shape index (κ1) is 29.6. The number of phenolic OH excluding ortho intramolecular Hbond substituents is 2. The zero-order valence-electron chi connectivity index (χ0n) is 25.9. The normalized spacial score (nSPS) is 12.8. The molecule has 0 fully saturated rings. The van der Waals surface area contributed by atoms with Crippen LogP contribution in [0.1, 0.15) is 116 Å². The standard InChI is InChI=1S/C35H47N3O2/c1-10-11-14-17-35(8,9)26-20-24(32(40)30(22-26)38-36-28-15-12-13-16-29(28)37-38)18-23-19-25(33(2,3)4)21-27(31(23)39)34(5,6)7/h12-13,15-16,19-22,39-40H,10-11,14,17-18H2,1-9H3. The summed E-state index contributed by atoms with van der Waals surface area (Å²) in [6, 6.07) is 16.1. The molecule has 0 saturated carbocycles. The van der Waals surface area contributed by atoms with Crippen LogP contribution in [0.3, 0.4) is 0 Å². The highest BCUT2D eigenvalue weighted by Crippen LogP contribution is 2.41. The average molecular weight is 542 g/mol. The molecule has 1 aromatic heterocycles. The molecular weight excluding hydrogens is 494 g/mol. The molecule has 0 spiro atoms. The number of unbranched alkanes of at least 4 members (excludes halogenated alkanes) is 2. The molecule has 0 aliphatic heterocycles. The van der Waals surface area contributed by atoms with Crippen LogP contribution in [0.25, 0.3) is 16.7 Å². The average Bonchev–Trinajstić information content (AvgIpc) is 3.29. The molecule has 0 aliphatic rings. The van der Waals surface area contributed by atoms with E-state index in [4.69, 9.17) is 10.2 Å². The lowest BCUT2D eigenvalue weighted by Gasteiger charge is -2.29. The van der Waals surface area contributed by atoms with Crippen LogP contribution >= 0.6 is 0 Å². The molecule has 0 aliphatic carbocycles. The van der Waals surface area contributed by atoms with Gasteiger partial charge in [0.05, 0.1) is 0 Å². The Morgan fingerprint density at radius 2 is 1.27 bits per heavy atom. The molecule has 0 atom stereocenters. The first-order valence-electron chi connectivity index (χ1n) is 14.7. The Balaban J connectivity index is 1.91. The van der Waals surface area contributed by atoms with E-state index in [2.05, 4.69) is 80.5 Å². The highest BCUT2D eigenvalue weighted by Gasteiger charge is 2.28. The maximum Gasteiger partial charge on any atom is 0.146 e. The van der Waals surface area contributed by atoms with Crippen LogP contribution in [-0.4, -0.2) is 25.2 Å². The second kappa shape index (κ2) is 10.9. The van der Waals surface area contributed by atoms with Crippen LogP contribution in [0.2, 0.25) is 0 Å². The lowest BCUT2D eigenvalue weighted by molar-refractivity contribution is 0.435. The van der Waals surface area contributed by atoms with E-state index in [0.29, 0.717) is 17.9 Å². The molecule has 4 rings (SSSR count). The van der Waals surface area contributed by atoms with Gasteiger partial charge in [-0.3, -0.25) is 0 Å². The third-order valence-electron chi connectivity index (χ3n) is 8.10. The van der Waals surface area contributed by atoms with Gasteiger partial charge in [0.1, 0.15) is 28.2 Å². The molecule has 40 heavy (non-hydrogen) atoms. The van der Waals surface area contributed by atoms with Gasteiger partial charge in [0.15, 0.2) is 0 Å². The smallest absolute Gasteiger partial charge is 0.146 e. The molecule has 0 saturated heterocycles. The predicted molar refractivity (Wildman–Crippen MR) is 166 cm³/mol. The Labute approximate surface area is 240 Å². The Morgan fingerprint density at radius 1 is 0.700 bits per heavy atom. The van der Waals surface area contributed by atoms with Crippen molar-refractivity contribution in [3.8, 4) is 17.2 Å². The second-order valence-electron chi connectivity index (χ2n) is 14.0. The number of nitrogens with zero attached hydrogens (tertiary/aromatic N) is 3. The zero-order valence-corrected chi connectivity index (χ0v) is 25.9. The maximum atomic E-state index is 11.7. The summed E-state index contributed by atoms with van der Waals surface area (Å²) >= 11 is 0. The molecule has 5 nitrogen and oxygen atoms in total. The number of hydrogen-bond donors (Lipinski definition) is 2. The Hall–Kier alpha value is -3.34. The van der Waals surface area contributed by atoms with E-state index in [1.807, 2.05) is 30.3 Å². The lowest BCUT2D eigenvalue weighted by Crippen LogP contribution is -2.19. The van der Waals surface area contributed by atoms with Crippen LogP contribution < -0.4 is 0 Å². The number of rotatable bonds is 8. The summed E-state index contributed by atoms with van der Waals surface area (Å²) in [4.78, 5) is 1.56. The minimum absolute atomic E-state index is 0.0855. The molecule has 214 valence electrons. The topological polar surface area (TPSA) is 71.2 Å². The fourth-order valence-electron chi connectivity index (χ4n) is 5.32. The van der Waals surface area contributed by atoms with E-state index in [1.54, 1.807) is 4.80 Å². The molecule has 5 heteroatoms. The van der Waals surface area contributed by atoms with E-state index in [-0.39, 0.29) is 22.0 Å². The Morgan fingerprint density at radius 3 is 1.82 bits per heavy atom. The fraction of sp³-hybridized carbons (Fsp3) is 0.486. The molecule has 0 bridgehead atoms. The molecule has 3 aromatic carbocycles. The fourth-order valence-corrected chi connectivity index (χ4v) is 5.32. The first-order chi connectivity index (χ1) is 18.6. The van der Waals surface area contributed by atoms with Crippen molar-refractivity contribution in [3.05, 3.63) is 76.3 Å². The number of aromatic hydroxyl groups is 2. The third kappa shape index (κ3) is 6.19. The van der Waals surface area contributed by atoms with E-state index in [9.17, 15) is 10.2 Å². The van der Waals surface area contributed by atoms with Gasteiger partial charge in [-0.2, -0.15) is 0 Å². The van der Waals surface area contributed by atoms with Crippen LogP contribution in [0.4, 0.5) is 0 Å². The predicted octanol–water partition coefficient (Wildman–Crippen LogP) is 8.88. The third-order valence-corrected chi connectivity index (χ3v) is 8.10. The van der Waals surface area contributed by atoms with Crippen molar-refractivity contribution in [2.45, 2.75) is 111 Å². The molecule has 0 unspecified atom stereocenters. The van der Waals surface area contributed by atoms with E-state index in [1.165, 1.54) is 18.4 Å². The zero-order chi connectivity index (χ0) is 29.5. The number of fused-ring (bicyclic) bond motifs is 1. The Bertz CT molecular complexity index is 1470. The molecule has 4 aromatic rings. The highest BCUT2D eigenvalue weighted by atomic mass is 16.3. The number of hydrogen-bond acceptors (Lipinski definition) is 4. The maximum absolute atomic E-state index is 11.7. The largest absolute Gasteiger partial charge is 0.507 e. The number of benzene rings is 3. The summed E-state index contributed by atoms with van der Waals surface area (Å²) in [5.74, 6) is 0.447. The van der Waals surface area contributed by atoms with E-state index >= 15 is 0 Å². The van der Waals surface area contributed by atoms with Crippen LogP contribution in [-0.2, 0) is 22.7 Å². The monoisotopic (exact) mass is 541 g/mol. The van der Waals surface area contributed by atoms with Crippen molar-refractivity contribution in [1.82, 2.24) is 15.0 Å². The van der Waals surface area contributed by atoms with Gasteiger partial charge < -0.3 is 10.2 Å². The number of aromatic nitrogens is 3. The molecule has 0 amide bonds. The van der Waals surface area contributed by atoms with Gasteiger partial charge in [-0.1, -0.05) is 112 Å². The van der Waals surface area contributed by atoms with Crippen LogP contribution in [0, 0.1) is 0 Å². The van der Waals surface area contributed by atoms with Crippen molar-refractivity contribution in [1.29, 1.82) is 0 Å². The van der Waals surface area contributed by atoms with Crippen molar-refractivity contribution in [2.24, 2.45) is 0 Å². The molecule has 2 N–H and O–H groups in total. The minimum Gasteiger partial charge on any atom is -0.507 e. The summed E-state index contributed by atoms with van der Waals surface area (Å²) in [6.07, 6.45) is 4.94. The van der Waals surface area contributed by atoms with Crippen LogP contribution in [0.5, 0.6) is 11.5 Å². The van der Waals surface area contributed by atoms with Crippen molar-refractivity contribution in [3.63, 3.8) is 0 Å². The number of phenols is 2. The Kier molecular flexibility index (Phi) is 8.08. The van der Waals surface area contributed by atoms with Crippen LogP contribution in [0.15, 0.2) is 48.5 Å². The van der Waals surface area contributed by atoms with Gasteiger partial charge in [0, 0.05) is 12.0 Å². The van der Waals surface area contributed by atoms with Gasteiger partial charge in [-0.05, 0) is 63.1 Å². The quantitative estimate of drug-likeness (QED) is 0.219. The van der Waals surface area contributed by atoms with Crippen molar-refractivity contribution in [2.75, 3.05) is 0 Å². The lowest BCUT2D eigenvalue weighted by atomic mass is 9.77. The van der Waals surface area contributed by atoms with Gasteiger partial charge >= 0.3 is 0 Å². The highest BCUT2D eigenvalue weighted by molar-refractivity contribution is 5.74. The van der Waals surface area contributed by atoms with Gasteiger partial charge in [0.25, 0.3) is 0 Å². The van der Waals surface area contributed by atoms with Gasteiger partial charge in [0.2, 0.25) is 0 Å². The molecular formula is C35H47N3O2. The summed E-state index contributed by atoms with van der Waals surface area (Å²) in [5, 5.41) is 32.6.